The third-order valence-corrected chi connectivity index (χ3v) is 3.90. The van der Waals surface area contributed by atoms with Crippen LogP contribution >= 0.6 is 24.0 Å². The molecule has 1 fully saturated rings. The van der Waals surface area contributed by atoms with Crippen molar-refractivity contribution in [3.63, 3.8) is 0 Å². The fraction of sp³-hybridized carbons (Fsp3) is 0.579. The van der Waals surface area contributed by atoms with Gasteiger partial charge in [0, 0.05) is 38.3 Å². The van der Waals surface area contributed by atoms with E-state index >= 15 is 0 Å². The summed E-state index contributed by atoms with van der Waals surface area (Å²) in [6, 6.07) is 9.86. The number of rotatable bonds is 8. The van der Waals surface area contributed by atoms with E-state index in [1.807, 2.05) is 56.0 Å². The molecule has 26 heavy (non-hydrogen) atoms. The summed E-state index contributed by atoms with van der Waals surface area (Å²) in [5, 5.41) is 6.63. The lowest BCUT2D eigenvalue weighted by Gasteiger charge is -2.19. The monoisotopic (exact) mass is 474 g/mol. The van der Waals surface area contributed by atoms with Gasteiger partial charge in [0.05, 0.1) is 12.1 Å². The van der Waals surface area contributed by atoms with Crippen molar-refractivity contribution in [2.45, 2.75) is 45.8 Å². The van der Waals surface area contributed by atoms with Gasteiger partial charge in [-0.2, -0.15) is 0 Å². The molecule has 2 rings (SSSR count). The Hall–Kier alpha value is -1.35. The summed E-state index contributed by atoms with van der Waals surface area (Å²) in [6.07, 6.45) is 1.62. The molecule has 0 bridgehead atoms. The maximum absolute atomic E-state index is 12.3. The van der Waals surface area contributed by atoms with Crippen molar-refractivity contribution in [1.82, 2.24) is 10.6 Å². The van der Waals surface area contributed by atoms with Crippen LogP contribution in [0.5, 0.6) is 0 Å². The van der Waals surface area contributed by atoms with E-state index in [0.717, 1.165) is 24.6 Å². The van der Waals surface area contributed by atoms with Crippen molar-refractivity contribution < 1.29 is 9.53 Å². The van der Waals surface area contributed by atoms with Crippen LogP contribution in [0.2, 0.25) is 0 Å². The van der Waals surface area contributed by atoms with E-state index in [2.05, 4.69) is 15.6 Å². The highest BCUT2D eigenvalue weighted by Crippen LogP contribution is 2.20. The molecular weight excluding hydrogens is 443 g/mol. The molecule has 1 saturated heterocycles. The number of ether oxygens (including phenoxy) is 1. The zero-order valence-electron chi connectivity index (χ0n) is 15.9. The Kier molecular flexibility index (Phi) is 10.6. The van der Waals surface area contributed by atoms with Crippen LogP contribution in [-0.4, -0.2) is 50.3 Å². The zero-order valence-corrected chi connectivity index (χ0v) is 18.2. The smallest absolute Gasteiger partial charge is 0.229 e. The molecule has 0 saturated carbocycles. The normalized spacial score (nSPS) is 17.4. The van der Waals surface area contributed by atoms with Gasteiger partial charge in [0.25, 0.3) is 0 Å². The molecule has 1 aromatic rings. The summed E-state index contributed by atoms with van der Waals surface area (Å²) in [5.41, 5.74) is 0.949. The van der Waals surface area contributed by atoms with Crippen molar-refractivity contribution in [3.8, 4) is 0 Å². The first-order valence-electron chi connectivity index (χ1n) is 9.12. The van der Waals surface area contributed by atoms with Gasteiger partial charge in [-0.15, -0.1) is 24.0 Å². The lowest BCUT2D eigenvalue weighted by molar-refractivity contribution is -0.117. The predicted molar refractivity (Wildman–Crippen MR) is 117 cm³/mol. The third-order valence-electron chi connectivity index (χ3n) is 3.90. The first kappa shape index (κ1) is 22.7. The quantitative estimate of drug-likeness (QED) is 0.263. The van der Waals surface area contributed by atoms with Crippen LogP contribution in [0.1, 0.15) is 33.6 Å². The Morgan fingerprint density at radius 1 is 1.35 bits per heavy atom. The van der Waals surface area contributed by atoms with Gasteiger partial charge in [-0.3, -0.25) is 9.79 Å². The number of hydrogen-bond donors (Lipinski definition) is 2. The minimum Gasteiger partial charge on any atom is -0.379 e. The second-order valence-electron chi connectivity index (χ2n) is 6.42. The van der Waals surface area contributed by atoms with Crippen molar-refractivity contribution in [3.05, 3.63) is 30.3 Å². The molecule has 6 nitrogen and oxygen atoms in total. The van der Waals surface area contributed by atoms with E-state index in [0.29, 0.717) is 26.1 Å². The van der Waals surface area contributed by atoms with Gasteiger partial charge in [-0.05, 0) is 39.3 Å². The lowest BCUT2D eigenvalue weighted by Crippen LogP contribution is -2.44. The summed E-state index contributed by atoms with van der Waals surface area (Å²) in [6.45, 7) is 8.96. The minimum absolute atomic E-state index is 0. The van der Waals surface area contributed by atoms with Gasteiger partial charge < -0.3 is 20.3 Å². The number of aliphatic imine (C=N–C) groups is 1. The summed E-state index contributed by atoms with van der Waals surface area (Å²) in [5.74, 6) is 0.907. The maximum Gasteiger partial charge on any atom is 0.229 e. The van der Waals surface area contributed by atoms with E-state index in [1.54, 1.807) is 0 Å². The molecule has 7 heteroatoms. The summed E-state index contributed by atoms with van der Waals surface area (Å²) >= 11 is 0. The van der Waals surface area contributed by atoms with Gasteiger partial charge in [0.2, 0.25) is 5.91 Å². The van der Waals surface area contributed by atoms with Gasteiger partial charge in [0.15, 0.2) is 5.96 Å². The van der Waals surface area contributed by atoms with Crippen LogP contribution in [0.3, 0.4) is 0 Å². The second-order valence-corrected chi connectivity index (χ2v) is 6.42. The SMILES string of the molecule is CCNC(=NCCCOC(C)C)NC1CC(=O)N(c2ccccc2)C1.I. The molecule has 146 valence electrons. The number of amides is 1. The van der Waals surface area contributed by atoms with Gasteiger partial charge in [0.1, 0.15) is 0 Å². The average Bonchev–Trinajstić information content (AvgIpc) is 2.95. The van der Waals surface area contributed by atoms with Crippen LogP contribution in [0.15, 0.2) is 35.3 Å². The van der Waals surface area contributed by atoms with Crippen LogP contribution in [0.25, 0.3) is 0 Å². The van der Waals surface area contributed by atoms with E-state index in [4.69, 9.17) is 4.74 Å². The Morgan fingerprint density at radius 2 is 2.08 bits per heavy atom. The number of carbonyl (C=O) groups excluding carboxylic acids is 1. The number of nitrogens with one attached hydrogen (secondary N) is 2. The maximum atomic E-state index is 12.3. The van der Waals surface area contributed by atoms with Crippen LogP contribution in [0, 0.1) is 0 Å². The minimum atomic E-state index is 0. The molecule has 1 atom stereocenters. The summed E-state index contributed by atoms with van der Waals surface area (Å²) in [7, 11) is 0. The molecule has 0 radical (unpaired) electrons. The molecular formula is C19H31IN4O2. The van der Waals surface area contributed by atoms with E-state index in [9.17, 15) is 4.79 Å². The molecule has 1 heterocycles. The molecule has 0 aromatic heterocycles. The molecule has 2 N–H and O–H groups in total. The number of hydrogen-bond acceptors (Lipinski definition) is 3. The molecule has 1 aliphatic rings. The molecule has 1 amide bonds. The van der Waals surface area contributed by atoms with Crippen molar-refractivity contribution in [1.29, 1.82) is 0 Å². The topological polar surface area (TPSA) is 66.0 Å². The van der Waals surface area contributed by atoms with Crippen LogP contribution in [-0.2, 0) is 9.53 Å². The van der Waals surface area contributed by atoms with Gasteiger partial charge >= 0.3 is 0 Å². The van der Waals surface area contributed by atoms with Crippen LogP contribution in [0.4, 0.5) is 5.69 Å². The van der Waals surface area contributed by atoms with E-state index < -0.39 is 0 Å². The number of para-hydroxylation sites is 1. The Bertz CT molecular complexity index is 566. The Labute approximate surface area is 173 Å². The van der Waals surface area contributed by atoms with Crippen molar-refractivity contribution in [2.75, 3.05) is 31.1 Å². The molecule has 1 aliphatic heterocycles. The standard InChI is InChI=1S/C19H30N4O2.HI/c1-4-20-19(21-11-8-12-25-15(2)3)22-16-13-18(24)23(14-16)17-9-6-5-7-10-17;/h5-7,9-10,15-16H,4,8,11-14H2,1-3H3,(H2,20,21,22);1H. The van der Waals surface area contributed by atoms with Crippen molar-refractivity contribution >= 4 is 41.5 Å². The first-order chi connectivity index (χ1) is 12.1. The lowest BCUT2D eigenvalue weighted by atomic mass is 10.2. The van der Waals surface area contributed by atoms with Gasteiger partial charge in [-0.1, -0.05) is 18.2 Å². The zero-order chi connectivity index (χ0) is 18.1. The van der Waals surface area contributed by atoms with Crippen molar-refractivity contribution in [2.24, 2.45) is 4.99 Å². The molecule has 0 aliphatic carbocycles. The highest BCUT2D eigenvalue weighted by atomic mass is 127. The average molecular weight is 474 g/mol. The summed E-state index contributed by atoms with van der Waals surface area (Å²) in [4.78, 5) is 18.7. The number of anilines is 1. The molecule has 1 aromatic carbocycles. The Morgan fingerprint density at radius 3 is 2.73 bits per heavy atom. The number of benzene rings is 1. The fourth-order valence-electron chi connectivity index (χ4n) is 2.75. The van der Waals surface area contributed by atoms with Crippen LogP contribution < -0.4 is 15.5 Å². The highest BCUT2D eigenvalue weighted by Gasteiger charge is 2.30. The highest BCUT2D eigenvalue weighted by molar-refractivity contribution is 14.0. The number of nitrogens with zero attached hydrogens (tertiary/aromatic N) is 2. The fourth-order valence-corrected chi connectivity index (χ4v) is 2.75. The van der Waals surface area contributed by atoms with E-state index in [-0.39, 0.29) is 42.0 Å². The largest absolute Gasteiger partial charge is 0.379 e. The number of guanidine groups is 1. The first-order valence-corrected chi connectivity index (χ1v) is 9.12. The number of halogens is 1. The number of carbonyl (C=O) groups is 1. The molecule has 0 spiro atoms. The predicted octanol–water partition coefficient (Wildman–Crippen LogP) is 2.78. The molecule has 1 unspecified atom stereocenters. The Balaban J connectivity index is 0.00000338. The second kappa shape index (κ2) is 12.1. The van der Waals surface area contributed by atoms with Gasteiger partial charge in [-0.25, -0.2) is 0 Å². The van der Waals surface area contributed by atoms with E-state index in [1.165, 1.54) is 0 Å². The summed E-state index contributed by atoms with van der Waals surface area (Å²) < 4.78 is 5.53. The third kappa shape index (κ3) is 7.49.